The van der Waals surface area contributed by atoms with Crippen molar-refractivity contribution < 1.29 is 14.7 Å². The van der Waals surface area contributed by atoms with Gasteiger partial charge in [-0.2, -0.15) is 5.10 Å². The van der Waals surface area contributed by atoms with E-state index in [9.17, 15) is 9.59 Å². The van der Waals surface area contributed by atoms with Crippen molar-refractivity contribution in [2.24, 2.45) is 12.5 Å². The summed E-state index contributed by atoms with van der Waals surface area (Å²) in [5.74, 6) is -0.794. The highest BCUT2D eigenvalue weighted by molar-refractivity contribution is 5.96. The highest BCUT2D eigenvalue weighted by Gasteiger charge is 2.36. The molecule has 0 aliphatic heterocycles. The molecule has 1 saturated carbocycles. The molecule has 1 aliphatic rings. The Kier molecular flexibility index (Phi) is 4.02. The summed E-state index contributed by atoms with van der Waals surface area (Å²) in [4.78, 5) is 23.3. The normalized spacial score (nSPS) is 18.2. The molecule has 0 bridgehead atoms. The third kappa shape index (κ3) is 3.43. The monoisotopic (exact) mass is 264 g/mol. The maximum atomic E-state index is 12.3. The number of Topliss-reactive ketones (excluding diaryl/α,β-unsaturated/α-hetero) is 1. The number of aromatic nitrogens is 2. The van der Waals surface area contributed by atoms with Crippen molar-refractivity contribution in [1.29, 1.82) is 0 Å². The maximum absolute atomic E-state index is 12.3. The Balaban J connectivity index is 2.11. The van der Waals surface area contributed by atoms with Gasteiger partial charge in [0.05, 0.1) is 18.2 Å². The summed E-state index contributed by atoms with van der Waals surface area (Å²) in [5.41, 5.74) is 0.231. The van der Waals surface area contributed by atoms with Crippen molar-refractivity contribution in [2.45, 2.75) is 44.9 Å². The van der Waals surface area contributed by atoms with Crippen molar-refractivity contribution in [3.63, 3.8) is 0 Å². The molecule has 104 valence electrons. The summed E-state index contributed by atoms with van der Waals surface area (Å²) in [5, 5.41) is 13.1. The lowest BCUT2D eigenvalue weighted by atomic mass is 9.68. The SMILES string of the molecule is Cn1cc(C(=O)CC2(CC(=O)O)CCCCC2)cn1. The Bertz CT molecular complexity index is 473. The number of carboxylic acids is 1. The molecule has 0 atom stereocenters. The Morgan fingerprint density at radius 2 is 2.00 bits per heavy atom. The number of aliphatic carboxylic acids is 1. The van der Waals surface area contributed by atoms with E-state index in [1.807, 2.05) is 0 Å². The second-order valence-corrected chi connectivity index (χ2v) is 5.63. The van der Waals surface area contributed by atoms with Crippen LogP contribution in [0.1, 0.15) is 55.3 Å². The van der Waals surface area contributed by atoms with Crippen molar-refractivity contribution >= 4 is 11.8 Å². The highest BCUT2D eigenvalue weighted by atomic mass is 16.4. The fourth-order valence-electron chi connectivity index (χ4n) is 3.05. The maximum Gasteiger partial charge on any atom is 0.303 e. The topological polar surface area (TPSA) is 72.2 Å². The molecule has 5 heteroatoms. The van der Waals surface area contributed by atoms with Crippen molar-refractivity contribution in [1.82, 2.24) is 9.78 Å². The molecule has 0 amide bonds. The van der Waals surface area contributed by atoms with E-state index in [2.05, 4.69) is 5.10 Å². The average molecular weight is 264 g/mol. The fourth-order valence-corrected chi connectivity index (χ4v) is 3.05. The van der Waals surface area contributed by atoms with E-state index in [0.29, 0.717) is 12.0 Å². The molecule has 0 aromatic carbocycles. The third-order valence-electron chi connectivity index (χ3n) is 4.00. The van der Waals surface area contributed by atoms with Crippen LogP contribution in [0.4, 0.5) is 0 Å². The molecule has 5 nitrogen and oxygen atoms in total. The second-order valence-electron chi connectivity index (χ2n) is 5.63. The van der Waals surface area contributed by atoms with E-state index in [1.165, 1.54) is 0 Å². The van der Waals surface area contributed by atoms with Crippen LogP contribution in [-0.4, -0.2) is 26.6 Å². The van der Waals surface area contributed by atoms with Gasteiger partial charge >= 0.3 is 5.97 Å². The van der Waals surface area contributed by atoms with Gasteiger partial charge in [0.15, 0.2) is 5.78 Å². The minimum atomic E-state index is -0.805. The first-order valence-electron chi connectivity index (χ1n) is 6.74. The van der Waals surface area contributed by atoms with Gasteiger partial charge in [-0.1, -0.05) is 19.3 Å². The fraction of sp³-hybridized carbons (Fsp3) is 0.643. The molecule has 0 saturated heterocycles. The molecule has 0 spiro atoms. The quantitative estimate of drug-likeness (QED) is 0.829. The number of hydrogen-bond acceptors (Lipinski definition) is 3. The van der Waals surface area contributed by atoms with Crippen molar-refractivity contribution in [3.05, 3.63) is 18.0 Å². The Hall–Kier alpha value is -1.65. The Morgan fingerprint density at radius 3 is 2.53 bits per heavy atom. The summed E-state index contributed by atoms with van der Waals surface area (Å²) in [7, 11) is 1.77. The number of hydrogen-bond donors (Lipinski definition) is 1. The first-order chi connectivity index (χ1) is 9.01. The number of rotatable bonds is 5. The van der Waals surface area contributed by atoms with E-state index < -0.39 is 5.97 Å². The van der Waals surface area contributed by atoms with Crippen LogP contribution in [0.3, 0.4) is 0 Å². The van der Waals surface area contributed by atoms with Crippen LogP contribution in [0.15, 0.2) is 12.4 Å². The van der Waals surface area contributed by atoms with Gasteiger partial charge in [-0.25, -0.2) is 0 Å². The van der Waals surface area contributed by atoms with E-state index in [-0.39, 0.29) is 17.6 Å². The van der Waals surface area contributed by atoms with Crippen molar-refractivity contribution in [2.75, 3.05) is 0 Å². The van der Waals surface area contributed by atoms with Gasteiger partial charge in [-0.3, -0.25) is 14.3 Å². The molecule has 1 fully saturated rings. The largest absolute Gasteiger partial charge is 0.481 e. The van der Waals surface area contributed by atoms with E-state index >= 15 is 0 Å². The van der Waals surface area contributed by atoms with Crippen LogP contribution in [-0.2, 0) is 11.8 Å². The first kappa shape index (κ1) is 13.8. The third-order valence-corrected chi connectivity index (χ3v) is 4.00. The number of carboxylic acid groups (broad SMARTS) is 1. The lowest BCUT2D eigenvalue weighted by Gasteiger charge is -2.35. The number of carbonyl (C=O) groups is 2. The molecule has 1 aromatic rings. The van der Waals surface area contributed by atoms with Crippen LogP contribution in [0.25, 0.3) is 0 Å². The van der Waals surface area contributed by atoms with Crippen molar-refractivity contribution in [3.8, 4) is 0 Å². The molecule has 0 radical (unpaired) electrons. The van der Waals surface area contributed by atoms with Crippen LogP contribution in [0.5, 0.6) is 0 Å². The minimum absolute atomic E-state index is 0.0104. The minimum Gasteiger partial charge on any atom is -0.481 e. The van der Waals surface area contributed by atoms with Gasteiger partial charge in [0.25, 0.3) is 0 Å². The second kappa shape index (κ2) is 5.55. The van der Waals surface area contributed by atoms with Gasteiger partial charge < -0.3 is 5.11 Å². The van der Waals surface area contributed by atoms with Crippen LogP contribution >= 0.6 is 0 Å². The number of ketones is 1. The molecule has 1 heterocycles. The van der Waals surface area contributed by atoms with Gasteiger partial charge in [-0.15, -0.1) is 0 Å². The smallest absolute Gasteiger partial charge is 0.303 e. The molecule has 1 aliphatic carbocycles. The first-order valence-corrected chi connectivity index (χ1v) is 6.74. The van der Waals surface area contributed by atoms with Crippen LogP contribution < -0.4 is 0 Å². The zero-order valence-corrected chi connectivity index (χ0v) is 11.3. The Morgan fingerprint density at radius 1 is 1.32 bits per heavy atom. The van der Waals surface area contributed by atoms with Crippen LogP contribution in [0, 0.1) is 5.41 Å². The van der Waals surface area contributed by atoms with Gasteiger partial charge in [0.1, 0.15) is 0 Å². The predicted molar refractivity (Wildman–Crippen MR) is 69.9 cm³/mol. The predicted octanol–water partition coefficient (Wildman–Crippen LogP) is 2.42. The van der Waals surface area contributed by atoms with Gasteiger partial charge in [0.2, 0.25) is 0 Å². The Labute approximate surface area is 112 Å². The lowest BCUT2D eigenvalue weighted by molar-refractivity contribution is -0.140. The molecule has 0 unspecified atom stereocenters. The summed E-state index contributed by atoms with van der Waals surface area (Å²) >= 11 is 0. The summed E-state index contributed by atoms with van der Waals surface area (Å²) < 4.78 is 1.60. The number of carbonyl (C=O) groups excluding carboxylic acids is 1. The summed E-state index contributed by atoms with van der Waals surface area (Å²) in [6.45, 7) is 0. The molecule has 1 aromatic heterocycles. The molecular weight excluding hydrogens is 244 g/mol. The molecule has 2 rings (SSSR count). The van der Waals surface area contributed by atoms with Gasteiger partial charge in [0, 0.05) is 19.7 Å². The number of nitrogens with zero attached hydrogens (tertiary/aromatic N) is 2. The van der Waals surface area contributed by atoms with E-state index in [4.69, 9.17) is 5.11 Å². The van der Waals surface area contributed by atoms with E-state index in [1.54, 1.807) is 24.1 Å². The average Bonchev–Trinajstić information content (AvgIpc) is 2.76. The highest BCUT2D eigenvalue weighted by Crippen LogP contribution is 2.43. The standard InChI is InChI=1S/C14H20N2O3/c1-16-10-11(9-15-16)12(17)7-14(8-13(18)19)5-3-2-4-6-14/h9-10H,2-8H2,1H3,(H,18,19). The van der Waals surface area contributed by atoms with Crippen LogP contribution in [0.2, 0.25) is 0 Å². The van der Waals surface area contributed by atoms with E-state index in [0.717, 1.165) is 32.1 Å². The lowest BCUT2D eigenvalue weighted by Crippen LogP contribution is -2.30. The summed E-state index contributed by atoms with van der Waals surface area (Å²) in [6, 6.07) is 0. The molecular formula is C14H20N2O3. The van der Waals surface area contributed by atoms with Gasteiger partial charge in [-0.05, 0) is 18.3 Å². The summed E-state index contributed by atoms with van der Waals surface area (Å²) in [6.07, 6.45) is 8.53. The zero-order valence-electron chi connectivity index (χ0n) is 11.3. The molecule has 19 heavy (non-hydrogen) atoms. The zero-order chi connectivity index (χ0) is 13.9. The number of aryl methyl sites for hydroxylation is 1. The molecule has 1 N–H and O–H groups in total.